The third kappa shape index (κ3) is 4.19. The number of aryl methyl sites for hydroxylation is 1. The lowest BCUT2D eigenvalue weighted by molar-refractivity contribution is 0.0383. The smallest absolute Gasteiger partial charge is 0.262 e. The Morgan fingerprint density at radius 3 is 2.70 bits per heavy atom. The summed E-state index contributed by atoms with van der Waals surface area (Å²) >= 11 is 1.50. The van der Waals surface area contributed by atoms with Crippen LogP contribution < -0.4 is 5.32 Å². The van der Waals surface area contributed by atoms with E-state index in [4.69, 9.17) is 4.74 Å². The van der Waals surface area contributed by atoms with Crippen LogP contribution in [-0.2, 0) is 4.74 Å². The van der Waals surface area contributed by atoms with Gasteiger partial charge < -0.3 is 10.1 Å². The van der Waals surface area contributed by atoms with Gasteiger partial charge in [-0.25, -0.2) is 0 Å². The molecule has 4 nitrogen and oxygen atoms in total. The summed E-state index contributed by atoms with van der Waals surface area (Å²) in [4.78, 5) is 15.6. The summed E-state index contributed by atoms with van der Waals surface area (Å²) in [6, 6.07) is 10.3. The minimum Gasteiger partial charge on any atom is -0.379 e. The molecule has 1 aliphatic heterocycles. The topological polar surface area (TPSA) is 41.6 Å². The molecular weight excluding hydrogens is 308 g/mol. The van der Waals surface area contributed by atoms with Crippen LogP contribution in [0.4, 0.5) is 0 Å². The van der Waals surface area contributed by atoms with Crippen molar-refractivity contribution >= 4 is 17.2 Å². The second kappa shape index (κ2) is 7.73. The Labute approximate surface area is 141 Å². The van der Waals surface area contributed by atoms with E-state index >= 15 is 0 Å². The molecular formula is C18H22N2O2S. The predicted molar refractivity (Wildman–Crippen MR) is 94.1 cm³/mol. The maximum absolute atomic E-state index is 12.5. The highest BCUT2D eigenvalue weighted by Crippen LogP contribution is 2.28. The summed E-state index contributed by atoms with van der Waals surface area (Å²) in [5.41, 5.74) is 3.33. The zero-order chi connectivity index (χ0) is 16.1. The second-order valence-electron chi connectivity index (χ2n) is 5.74. The highest BCUT2D eigenvalue weighted by atomic mass is 32.1. The molecule has 0 unspecified atom stereocenters. The molecule has 2 heterocycles. The molecule has 0 bridgehead atoms. The molecule has 1 amide bonds. The Morgan fingerprint density at radius 2 is 1.96 bits per heavy atom. The van der Waals surface area contributed by atoms with Gasteiger partial charge in [0.2, 0.25) is 0 Å². The molecule has 0 atom stereocenters. The molecule has 23 heavy (non-hydrogen) atoms. The van der Waals surface area contributed by atoms with Crippen molar-refractivity contribution in [2.75, 3.05) is 39.4 Å². The number of morpholine rings is 1. The average molecular weight is 330 g/mol. The molecule has 1 N–H and O–H groups in total. The van der Waals surface area contributed by atoms with Crippen LogP contribution in [0.2, 0.25) is 0 Å². The van der Waals surface area contributed by atoms with Gasteiger partial charge in [-0.05, 0) is 23.9 Å². The number of ether oxygens (including phenoxy) is 1. The summed E-state index contributed by atoms with van der Waals surface area (Å²) in [7, 11) is 0. The molecule has 1 fully saturated rings. The van der Waals surface area contributed by atoms with E-state index in [0.29, 0.717) is 6.54 Å². The van der Waals surface area contributed by atoms with E-state index in [1.165, 1.54) is 16.9 Å². The number of carbonyl (C=O) groups excluding carboxylic acids is 1. The number of amides is 1. The van der Waals surface area contributed by atoms with Gasteiger partial charge in [0, 0.05) is 31.7 Å². The van der Waals surface area contributed by atoms with E-state index in [1.807, 2.05) is 11.4 Å². The van der Waals surface area contributed by atoms with Gasteiger partial charge in [0.15, 0.2) is 0 Å². The van der Waals surface area contributed by atoms with Gasteiger partial charge in [0.25, 0.3) is 5.91 Å². The summed E-state index contributed by atoms with van der Waals surface area (Å²) in [5.74, 6) is 0.0174. The average Bonchev–Trinajstić information content (AvgIpc) is 3.06. The van der Waals surface area contributed by atoms with E-state index in [0.717, 1.165) is 48.9 Å². The molecule has 0 aliphatic carbocycles. The highest BCUT2D eigenvalue weighted by molar-refractivity contribution is 7.12. The number of benzene rings is 1. The van der Waals surface area contributed by atoms with Crippen molar-refractivity contribution in [2.24, 2.45) is 0 Å². The number of carbonyl (C=O) groups is 1. The first-order chi connectivity index (χ1) is 11.2. The van der Waals surface area contributed by atoms with Crippen molar-refractivity contribution in [3.8, 4) is 11.1 Å². The van der Waals surface area contributed by atoms with E-state index in [2.05, 4.69) is 41.4 Å². The lowest BCUT2D eigenvalue weighted by atomic mass is 10.0. The normalized spacial score (nSPS) is 15.5. The summed E-state index contributed by atoms with van der Waals surface area (Å²) in [6.45, 7) is 7.08. The van der Waals surface area contributed by atoms with Crippen LogP contribution in [0.15, 0.2) is 35.7 Å². The summed E-state index contributed by atoms with van der Waals surface area (Å²) < 4.78 is 5.33. The van der Waals surface area contributed by atoms with Crippen LogP contribution in [-0.4, -0.2) is 50.2 Å². The fourth-order valence-electron chi connectivity index (χ4n) is 2.68. The van der Waals surface area contributed by atoms with Crippen LogP contribution in [0, 0.1) is 6.92 Å². The lowest BCUT2D eigenvalue weighted by Crippen LogP contribution is -2.41. The van der Waals surface area contributed by atoms with Crippen LogP contribution in [0.25, 0.3) is 11.1 Å². The van der Waals surface area contributed by atoms with Crippen LogP contribution in [0.5, 0.6) is 0 Å². The molecule has 1 aromatic heterocycles. The Balaban J connectivity index is 1.59. The first-order valence-corrected chi connectivity index (χ1v) is 8.85. The lowest BCUT2D eigenvalue weighted by Gasteiger charge is -2.26. The summed E-state index contributed by atoms with van der Waals surface area (Å²) in [6.07, 6.45) is 0. The molecule has 0 spiro atoms. The Morgan fingerprint density at radius 1 is 1.22 bits per heavy atom. The zero-order valence-electron chi connectivity index (χ0n) is 13.4. The second-order valence-corrected chi connectivity index (χ2v) is 6.66. The van der Waals surface area contributed by atoms with Crippen LogP contribution in [0.1, 0.15) is 15.2 Å². The quantitative estimate of drug-likeness (QED) is 0.916. The maximum atomic E-state index is 12.5. The SMILES string of the molecule is Cc1ccc(-c2ccsc2C(=O)NCCN2CCOCC2)cc1. The molecule has 0 radical (unpaired) electrons. The molecule has 1 aliphatic rings. The zero-order valence-corrected chi connectivity index (χ0v) is 14.2. The fraction of sp³-hybridized carbons (Fsp3) is 0.389. The van der Waals surface area contributed by atoms with E-state index < -0.39 is 0 Å². The number of thiophene rings is 1. The highest BCUT2D eigenvalue weighted by Gasteiger charge is 2.15. The van der Waals surface area contributed by atoms with Crippen LogP contribution in [0.3, 0.4) is 0 Å². The van der Waals surface area contributed by atoms with E-state index in [9.17, 15) is 4.79 Å². The van der Waals surface area contributed by atoms with Gasteiger partial charge in [-0.2, -0.15) is 0 Å². The van der Waals surface area contributed by atoms with Crippen molar-refractivity contribution in [2.45, 2.75) is 6.92 Å². The van der Waals surface area contributed by atoms with E-state index in [-0.39, 0.29) is 5.91 Å². The van der Waals surface area contributed by atoms with Gasteiger partial charge in [-0.15, -0.1) is 11.3 Å². The Hall–Kier alpha value is -1.69. The molecule has 1 aromatic carbocycles. The van der Waals surface area contributed by atoms with Crippen LogP contribution >= 0.6 is 11.3 Å². The standard InChI is InChI=1S/C18H22N2O2S/c1-14-2-4-15(5-3-14)16-6-13-23-17(16)18(21)19-7-8-20-9-11-22-12-10-20/h2-6,13H,7-12H2,1H3,(H,19,21). The van der Waals surface area contributed by atoms with Crippen molar-refractivity contribution in [1.82, 2.24) is 10.2 Å². The number of nitrogens with zero attached hydrogens (tertiary/aromatic N) is 1. The number of nitrogens with one attached hydrogen (secondary N) is 1. The molecule has 3 rings (SSSR count). The van der Waals surface area contributed by atoms with Crippen molar-refractivity contribution in [3.63, 3.8) is 0 Å². The first kappa shape index (κ1) is 16.2. The van der Waals surface area contributed by atoms with Crippen molar-refractivity contribution in [1.29, 1.82) is 0 Å². The van der Waals surface area contributed by atoms with Crippen molar-refractivity contribution < 1.29 is 9.53 Å². The van der Waals surface area contributed by atoms with Gasteiger partial charge in [-0.1, -0.05) is 29.8 Å². The Bertz CT molecular complexity index is 645. The third-order valence-electron chi connectivity index (χ3n) is 4.05. The summed E-state index contributed by atoms with van der Waals surface area (Å²) in [5, 5.41) is 5.02. The third-order valence-corrected chi connectivity index (χ3v) is 4.96. The monoisotopic (exact) mass is 330 g/mol. The largest absolute Gasteiger partial charge is 0.379 e. The fourth-order valence-corrected chi connectivity index (χ4v) is 3.51. The number of hydrogen-bond acceptors (Lipinski definition) is 4. The number of rotatable bonds is 5. The van der Waals surface area contributed by atoms with E-state index in [1.54, 1.807) is 0 Å². The van der Waals surface area contributed by atoms with Gasteiger partial charge in [0.1, 0.15) is 0 Å². The molecule has 2 aromatic rings. The minimum atomic E-state index is 0.0174. The Kier molecular flexibility index (Phi) is 5.43. The van der Waals surface area contributed by atoms with Gasteiger partial charge >= 0.3 is 0 Å². The predicted octanol–water partition coefficient (Wildman–Crippen LogP) is 2.79. The maximum Gasteiger partial charge on any atom is 0.262 e. The van der Waals surface area contributed by atoms with Gasteiger partial charge in [0.05, 0.1) is 18.1 Å². The molecule has 5 heteroatoms. The number of hydrogen-bond donors (Lipinski definition) is 1. The molecule has 122 valence electrons. The molecule has 1 saturated heterocycles. The minimum absolute atomic E-state index is 0.0174. The molecule has 0 saturated carbocycles. The van der Waals surface area contributed by atoms with Crippen molar-refractivity contribution in [3.05, 3.63) is 46.2 Å². The first-order valence-electron chi connectivity index (χ1n) is 7.97. The van der Waals surface area contributed by atoms with Gasteiger partial charge in [-0.3, -0.25) is 9.69 Å².